The first kappa shape index (κ1) is 13.7. The van der Waals surface area contributed by atoms with Crippen LogP contribution in [0.25, 0.3) is 0 Å². The predicted octanol–water partition coefficient (Wildman–Crippen LogP) is 1.60. The van der Waals surface area contributed by atoms with Gasteiger partial charge in [-0.2, -0.15) is 0 Å². The van der Waals surface area contributed by atoms with Crippen molar-refractivity contribution in [2.45, 2.75) is 18.9 Å². The lowest BCUT2D eigenvalue weighted by Gasteiger charge is -2.11. The fraction of sp³-hybridized carbons (Fsp3) is 0.429. The Morgan fingerprint density at radius 2 is 2.06 bits per heavy atom. The number of rotatable bonds is 6. The standard InChI is InChI=1S/C14H18O3/c1-16-12-17-14(8-5-11-15)10-9-13-6-3-2-4-7-13/h2-4,6-7,14-15H,9-12H2,1H3. The summed E-state index contributed by atoms with van der Waals surface area (Å²) in [6.07, 6.45) is 1.50. The van der Waals surface area contributed by atoms with Crippen LogP contribution in [0.2, 0.25) is 0 Å². The third kappa shape index (κ3) is 6.08. The molecule has 0 heterocycles. The van der Waals surface area contributed by atoms with Gasteiger partial charge in [-0.25, -0.2) is 0 Å². The topological polar surface area (TPSA) is 38.7 Å². The smallest absolute Gasteiger partial charge is 0.148 e. The van der Waals surface area contributed by atoms with Crippen LogP contribution in [-0.2, 0) is 15.9 Å². The lowest BCUT2D eigenvalue weighted by Crippen LogP contribution is -2.13. The van der Waals surface area contributed by atoms with E-state index in [0.717, 1.165) is 12.8 Å². The molecule has 1 unspecified atom stereocenters. The van der Waals surface area contributed by atoms with Crippen LogP contribution < -0.4 is 0 Å². The van der Waals surface area contributed by atoms with Crippen molar-refractivity contribution in [3.05, 3.63) is 35.9 Å². The van der Waals surface area contributed by atoms with Crippen LogP contribution in [0.1, 0.15) is 12.0 Å². The Hall–Kier alpha value is -1.34. The van der Waals surface area contributed by atoms with E-state index in [1.54, 1.807) is 7.11 Å². The maximum Gasteiger partial charge on any atom is 0.148 e. The Kier molecular flexibility index (Phi) is 7.08. The summed E-state index contributed by atoms with van der Waals surface area (Å²) in [4.78, 5) is 0. The van der Waals surface area contributed by atoms with Crippen molar-refractivity contribution < 1.29 is 14.6 Å². The summed E-state index contributed by atoms with van der Waals surface area (Å²) >= 11 is 0. The van der Waals surface area contributed by atoms with E-state index in [-0.39, 0.29) is 19.5 Å². The van der Waals surface area contributed by atoms with E-state index in [1.165, 1.54) is 5.56 Å². The van der Waals surface area contributed by atoms with E-state index in [4.69, 9.17) is 14.6 Å². The second-order valence-corrected chi connectivity index (χ2v) is 3.57. The molecule has 3 nitrogen and oxygen atoms in total. The summed E-state index contributed by atoms with van der Waals surface area (Å²) in [6.45, 7) is 0.0811. The number of aliphatic hydroxyl groups excluding tert-OH is 1. The third-order valence-electron chi connectivity index (χ3n) is 2.27. The van der Waals surface area contributed by atoms with E-state index in [1.807, 2.05) is 18.2 Å². The van der Waals surface area contributed by atoms with Gasteiger partial charge in [0.15, 0.2) is 0 Å². The van der Waals surface area contributed by atoms with Crippen molar-refractivity contribution in [3.8, 4) is 11.8 Å². The Labute approximate surface area is 102 Å². The molecule has 3 heteroatoms. The molecule has 0 aliphatic heterocycles. The zero-order valence-corrected chi connectivity index (χ0v) is 10.1. The van der Waals surface area contributed by atoms with Crippen molar-refractivity contribution in [3.63, 3.8) is 0 Å². The summed E-state index contributed by atoms with van der Waals surface area (Å²) in [5.41, 5.74) is 1.25. The SMILES string of the molecule is COCOC(C#CCO)CCc1ccccc1. The normalized spacial score (nSPS) is 11.6. The highest BCUT2D eigenvalue weighted by atomic mass is 16.7. The quantitative estimate of drug-likeness (QED) is 0.600. The third-order valence-corrected chi connectivity index (χ3v) is 2.27. The summed E-state index contributed by atoms with van der Waals surface area (Å²) in [5.74, 6) is 5.49. The molecule has 1 aromatic carbocycles. The monoisotopic (exact) mass is 234 g/mol. The molecule has 1 aromatic rings. The summed E-state index contributed by atoms with van der Waals surface area (Å²) in [6, 6.07) is 10.2. The van der Waals surface area contributed by atoms with E-state index in [2.05, 4.69) is 24.0 Å². The first-order valence-electron chi connectivity index (χ1n) is 5.60. The molecule has 0 saturated carbocycles. The van der Waals surface area contributed by atoms with Gasteiger partial charge in [-0.15, -0.1) is 0 Å². The van der Waals surface area contributed by atoms with Crippen LogP contribution in [0.4, 0.5) is 0 Å². The Bertz CT molecular complexity index is 351. The number of hydrogen-bond donors (Lipinski definition) is 1. The Morgan fingerprint density at radius 1 is 1.29 bits per heavy atom. The van der Waals surface area contributed by atoms with Crippen molar-refractivity contribution in [2.75, 3.05) is 20.5 Å². The second kappa shape index (κ2) is 8.77. The van der Waals surface area contributed by atoms with Gasteiger partial charge in [0, 0.05) is 7.11 Å². The molecule has 0 amide bonds. The molecule has 92 valence electrons. The molecule has 0 aliphatic carbocycles. The lowest BCUT2D eigenvalue weighted by atomic mass is 10.1. The highest BCUT2D eigenvalue weighted by molar-refractivity contribution is 5.15. The number of benzene rings is 1. The maximum absolute atomic E-state index is 8.67. The highest BCUT2D eigenvalue weighted by Crippen LogP contribution is 2.07. The molecule has 1 N–H and O–H groups in total. The van der Waals surface area contributed by atoms with Crippen LogP contribution in [0.5, 0.6) is 0 Å². The highest BCUT2D eigenvalue weighted by Gasteiger charge is 2.05. The van der Waals surface area contributed by atoms with Crippen molar-refractivity contribution in [1.29, 1.82) is 0 Å². The number of ether oxygens (including phenoxy) is 2. The number of hydrogen-bond acceptors (Lipinski definition) is 3. The van der Waals surface area contributed by atoms with Gasteiger partial charge in [-0.1, -0.05) is 42.2 Å². The Morgan fingerprint density at radius 3 is 2.71 bits per heavy atom. The minimum atomic E-state index is -0.192. The van der Waals surface area contributed by atoms with E-state index < -0.39 is 0 Å². The molecule has 0 aliphatic rings. The van der Waals surface area contributed by atoms with Crippen LogP contribution in [-0.4, -0.2) is 31.7 Å². The molecule has 17 heavy (non-hydrogen) atoms. The maximum atomic E-state index is 8.67. The molecule has 0 saturated heterocycles. The van der Waals surface area contributed by atoms with Gasteiger partial charge in [0.25, 0.3) is 0 Å². The van der Waals surface area contributed by atoms with E-state index in [0.29, 0.717) is 0 Å². The zero-order valence-electron chi connectivity index (χ0n) is 10.1. The largest absolute Gasteiger partial charge is 0.384 e. The molecule has 1 atom stereocenters. The van der Waals surface area contributed by atoms with Gasteiger partial charge < -0.3 is 14.6 Å². The molecule has 0 radical (unpaired) electrons. The fourth-order valence-electron chi connectivity index (χ4n) is 1.45. The number of methoxy groups -OCH3 is 1. The van der Waals surface area contributed by atoms with Crippen LogP contribution in [0.15, 0.2) is 30.3 Å². The first-order chi connectivity index (χ1) is 8.36. The fourth-order valence-corrected chi connectivity index (χ4v) is 1.45. The number of aryl methyl sites for hydroxylation is 1. The predicted molar refractivity (Wildman–Crippen MR) is 66.4 cm³/mol. The van der Waals surface area contributed by atoms with Gasteiger partial charge in [0.05, 0.1) is 0 Å². The minimum Gasteiger partial charge on any atom is -0.384 e. The van der Waals surface area contributed by atoms with E-state index in [9.17, 15) is 0 Å². The van der Waals surface area contributed by atoms with Gasteiger partial charge in [-0.05, 0) is 18.4 Å². The van der Waals surface area contributed by atoms with Crippen molar-refractivity contribution in [2.24, 2.45) is 0 Å². The van der Waals surface area contributed by atoms with Gasteiger partial charge in [-0.3, -0.25) is 0 Å². The van der Waals surface area contributed by atoms with Gasteiger partial charge >= 0.3 is 0 Å². The molecule has 0 bridgehead atoms. The molecule has 0 spiro atoms. The average molecular weight is 234 g/mol. The van der Waals surface area contributed by atoms with Crippen LogP contribution in [0.3, 0.4) is 0 Å². The summed E-state index contributed by atoms with van der Waals surface area (Å²) in [5, 5.41) is 8.67. The molecule has 0 aromatic heterocycles. The second-order valence-electron chi connectivity index (χ2n) is 3.57. The van der Waals surface area contributed by atoms with E-state index >= 15 is 0 Å². The zero-order chi connectivity index (χ0) is 12.3. The van der Waals surface area contributed by atoms with Crippen molar-refractivity contribution >= 4 is 0 Å². The molecule has 0 fully saturated rings. The minimum absolute atomic E-state index is 0.141. The Balaban J connectivity index is 2.43. The van der Waals surface area contributed by atoms with Gasteiger partial charge in [0.1, 0.15) is 19.5 Å². The first-order valence-corrected chi connectivity index (χ1v) is 5.60. The summed E-state index contributed by atoms with van der Waals surface area (Å²) in [7, 11) is 1.58. The molecule has 1 rings (SSSR count). The van der Waals surface area contributed by atoms with Crippen LogP contribution in [0, 0.1) is 11.8 Å². The molecular weight excluding hydrogens is 216 g/mol. The number of aliphatic hydroxyl groups is 1. The van der Waals surface area contributed by atoms with Crippen LogP contribution >= 0.6 is 0 Å². The average Bonchev–Trinajstić information content (AvgIpc) is 2.39. The van der Waals surface area contributed by atoms with Gasteiger partial charge in [0.2, 0.25) is 0 Å². The summed E-state index contributed by atoms with van der Waals surface area (Å²) < 4.78 is 10.3. The van der Waals surface area contributed by atoms with Crippen molar-refractivity contribution in [1.82, 2.24) is 0 Å². The lowest BCUT2D eigenvalue weighted by molar-refractivity contribution is -0.0542. The molecular formula is C14H18O3.